The van der Waals surface area contributed by atoms with E-state index in [1.165, 1.54) is 6.07 Å². The summed E-state index contributed by atoms with van der Waals surface area (Å²) in [6.45, 7) is 1.69. The van der Waals surface area contributed by atoms with Crippen molar-refractivity contribution in [2.24, 2.45) is 0 Å². The lowest BCUT2D eigenvalue weighted by atomic mass is 9.79. The number of Topliss-reactive ketones (excluding diaryl/α,β-unsaturated/α-hetero) is 2. The molecule has 0 unspecified atom stereocenters. The maximum absolute atomic E-state index is 11.9. The van der Waals surface area contributed by atoms with E-state index in [4.69, 9.17) is 0 Å². The van der Waals surface area contributed by atoms with Crippen LogP contribution in [0.15, 0.2) is 18.2 Å². The Labute approximate surface area is 104 Å². The predicted octanol–water partition coefficient (Wildman–Crippen LogP) is 2.31. The number of ketones is 2. The van der Waals surface area contributed by atoms with Crippen LogP contribution in [0, 0.1) is 17.0 Å². The Morgan fingerprint density at radius 2 is 1.83 bits per heavy atom. The summed E-state index contributed by atoms with van der Waals surface area (Å²) in [7, 11) is 0. The zero-order chi connectivity index (χ0) is 13.3. The zero-order valence-corrected chi connectivity index (χ0v) is 10.0. The summed E-state index contributed by atoms with van der Waals surface area (Å²) in [5.41, 5.74) is 0.763. The average Bonchev–Trinajstić information content (AvgIpc) is 2.30. The van der Waals surface area contributed by atoms with Crippen molar-refractivity contribution in [2.45, 2.75) is 32.1 Å². The first-order chi connectivity index (χ1) is 8.52. The molecule has 1 aliphatic rings. The largest absolute Gasteiger partial charge is 0.299 e. The highest BCUT2D eigenvalue weighted by Crippen LogP contribution is 2.35. The topological polar surface area (TPSA) is 77.3 Å². The van der Waals surface area contributed by atoms with Gasteiger partial charge in [-0.15, -0.1) is 0 Å². The lowest BCUT2D eigenvalue weighted by Crippen LogP contribution is -2.27. The van der Waals surface area contributed by atoms with Gasteiger partial charge in [0.25, 0.3) is 5.69 Å². The van der Waals surface area contributed by atoms with Crippen LogP contribution in [-0.2, 0) is 9.59 Å². The van der Waals surface area contributed by atoms with E-state index in [1.54, 1.807) is 19.1 Å². The molecule has 0 heterocycles. The minimum Gasteiger partial charge on any atom is -0.299 e. The van der Waals surface area contributed by atoms with Crippen LogP contribution >= 0.6 is 0 Å². The van der Waals surface area contributed by atoms with Gasteiger partial charge >= 0.3 is 0 Å². The Morgan fingerprint density at radius 1 is 1.22 bits per heavy atom. The number of carbonyl (C=O) groups is 2. The molecular weight excluding hydrogens is 234 g/mol. The Bertz CT molecular complexity index is 520. The highest BCUT2D eigenvalue weighted by molar-refractivity contribution is 6.10. The molecule has 0 amide bonds. The maximum Gasteiger partial charge on any atom is 0.274 e. The Hall–Kier alpha value is -2.04. The van der Waals surface area contributed by atoms with E-state index in [2.05, 4.69) is 0 Å². The van der Waals surface area contributed by atoms with Gasteiger partial charge in [-0.2, -0.15) is 0 Å². The van der Waals surface area contributed by atoms with Gasteiger partial charge in [0.15, 0.2) is 0 Å². The highest BCUT2D eigenvalue weighted by Gasteiger charge is 2.36. The molecule has 1 aromatic carbocycles. The number of benzene rings is 1. The van der Waals surface area contributed by atoms with E-state index in [9.17, 15) is 19.7 Å². The van der Waals surface area contributed by atoms with Crippen LogP contribution in [0.4, 0.5) is 5.69 Å². The van der Waals surface area contributed by atoms with Gasteiger partial charge in [-0.25, -0.2) is 0 Å². The van der Waals surface area contributed by atoms with E-state index in [1.807, 2.05) is 0 Å². The van der Waals surface area contributed by atoms with Crippen molar-refractivity contribution >= 4 is 17.3 Å². The number of nitrogens with zero attached hydrogens (tertiary/aromatic N) is 1. The molecule has 1 aromatic rings. The zero-order valence-electron chi connectivity index (χ0n) is 10.0. The second kappa shape index (κ2) is 4.68. The molecule has 0 atom stereocenters. The predicted molar refractivity (Wildman–Crippen MR) is 64.4 cm³/mol. The summed E-state index contributed by atoms with van der Waals surface area (Å²) in [6, 6.07) is 4.60. The van der Waals surface area contributed by atoms with E-state index >= 15 is 0 Å². The number of hydrogen-bond acceptors (Lipinski definition) is 4. The second-order valence-corrected chi connectivity index (χ2v) is 4.48. The fraction of sp³-hybridized carbons (Fsp3) is 0.385. The van der Waals surface area contributed by atoms with Crippen LogP contribution in [0.2, 0.25) is 0 Å². The highest BCUT2D eigenvalue weighted by atomic mass is 16.6. The van der Waals surface area contributed by atoms with Crippen molar-refractivity contribution in [3.63, 3.8) is 0 Å². The van der Waals surface area contributed by atoms with Gasteiger partial charge in [0.05, 0.1) is 10.5 Å². The molecule has 0 aromatic heterocycles. The SMILES string of the molecule is Cc1cccc([N+](=O)[O-])c1C1C(=O)CCCC1=O. The van der Waals surface area contributed by atoms with Crippen LogP contribution in [0.5, 0.6) is 0 Å². The van der Waals surface area contributed by atoms with Crippen molar-refractivity contribution in [1.29, 1.82) is 0 Å². The fourth-order valence-electron chi connectivity index (χ4n) is 2.43. The lowest BCUT2D eigenvalue weighted by molar-refractivity contribution is -0.385. The van der Waals surface area contributed by atoms with E-state index in [0.29, 0.717) is 24.8 Å². The fourth-order valence-corrected chi connectivity index (χ4v) is 2.43. The number of nitro groups is 1. The Kier molecular flexibility index (Phi) is 3.23. The van der Waals surface area contributed by atoms with Gasteiger partial charge in [-0.05, 0) is 18.9 Å². The normalized spacial score (nSPS) is 16.9. The van der Waals surface area contributed by atoms with Crippen molar-refractivity contribution in [3.8, 4) is 0 Å². The van der Waals surface area contributed by atoms with Crippen molar-refractivity contribution in [2.75, 3.05) is 0 Å². The summed E-state index contributed by atoms with van der Waals surface area (Å²) in [5.74, 6) is -1.35. The van der Waals surface area contributed by atoms with Crippen LogP contribution in [0.1, 0.15) is 36.3 Å². The van der Waals surface area contributed by atoms with Gasteiger partial charge < -0.3 is 0 Å². The number of carbonyl (C=O) groups excluding carboxylic acids is 2. The monoisotopic (exact) mass is 247 g/mol. The number of hydrogen-bond donors (Lipinski definition) is 0. The molecule has 0 bridgehead atoms. The van der Waals surface area contributed by atoms with Crippen molar-refractivity contribution in [3.05, 3.63) is 39.4 Å². The molecule has 94 valence electrons. The molecular formula is C13H13NO4. The minimum absolute atomic E-state index is 0.136. The Balaban J connectivity index is 2.58. The van der Waals surface area contributed by atoms with Gasteiger partial charge in [0.1, 0.15) is 17.5 Å². The molecule has 1 aliphatic carbocycles. The number of aryl methyl sites for hydroxylation is 1. The van der Waals surface area contributed by atoms with Crippen LogP contribution in [-0.4, -0.2) is 16.5 Å². The number of rotatable bonds is 2. The minimum atomic E-state index is -0.944. The quantitative estimate of drug-likeness (QED) is 0.456. The maximum atomic E-state index is 11.9. The van der Waals surface area contributed by atoms with Crippen molar-refractivity contribution < 1.29 is 14.5 Å². The summed E-state index contributed by atoms with van der Waals surface area (Å²) in [6.07, 6.45) is 1.19. The smallest absolute Gasteiger partial charge is 0.274 e. The van der Waals surface area contributed by atoms with E-state index in [-0.39, 0.29) is 22.8 Å². The summed E-state index contributed by atoms with van der Waals surface area (Å²) < 4.78 is 0. The van der Waals surface area contributed by atoms with Crippen LogP contribution in [0.3, 0.4) is 0 Å². The molecule has 0 spiro atoms. The van der Waals surface area contributed by atoms with Gasteiger partial charge in [0.2, 0.25) is 0 Å². The molecule has 2 rings (SSSR count). The van der Waals surface area contributed by atoms with Gasteiger partial charge in [0, 0.05) is 18.9 Å². The third-order valence-corrected chi connectivity index (χ3v) is 3.28. The Morgan fingerprint density at radius 3 is 2.39 bits per heavy atom. The lowest BCUT2D eigenvalue weighted by Gasteiger charge is -2.21. The third-order valence-electron chi connectivity index (χ3n) is 3.28. The molecule has 5 nitrogen and oxygen atoms in total. The molecule has 5 heteroatoms. The summed E-state index contributed by atoms with van der Waals surface area (Å²) >= 11 is 0. The first kappa shape index (κ1) is 12.4. The molecule has 1 fully saturated rings. The van der Waals surface area contributed by atoms with E-state index < -0.39 is 10.8 Å². The van der Waals surface area contributed by atoms with Gasteiger partial charge in [-0.3, -0.25) is 19.7 Å². The first-order valence-electron chi connectivity index (χ1n) is 5.81. The first-order valence-corrected chi connectivity index (χ1v) is 5.81. The van der Waals surface area contributed by atoms with Crippen LogP contribution in [0.25, 0.3) is 0 Å². The van der Waals surface area contributed by atoms with E-state index in [0.717, 1.165) is 0 Å². The average molecular weight is 247 g/mol. The second-order valence-electron chi connectivity index (χ2n) is 4.48. The molecule has 0 radical (unpaired) electrons. The molecule has 0 N–H and O–H groups in total. The van der Waals surface area contributed by atoms with Crippen LogP contribution < -0.4 is 0 Å². The van der Waals surface area contributed by atoms with Gasteiger partial charge in [-0.1, -0.05) is 12.1 Å². The summed E-state index contributed by atoms with van der Waals surface area (Å²) in [5, 5.41) is 11.0. The molecule has 0 aliphatic heterocycles. The van der Waals surface area contributed by atoms with Crippen molar-refractivity contribution in [1.82, 2.24) is 0 Å². The summed E-state index contributed by atoms with van der Waals surface area (Å²) in [4.78, 5) is 34.3. The number of nitro benzene ring substituents is 1. The molecule has 0 saturated heterocycles. The molecule has 18 heavy (non-hydrogen) atoms. The molecule has 1 saturated carbocycles. The third kappa shape index (κ3) is 2.03. The standard InChI is InChI=1S/C13H13NO4/c1-8-4-2-5-9(14(17)18)12(8)13-10(15)6-3-7-11(13)16/h2,4-5,13H,3,6-7H2,1H3.